The number of rotatable bonds is 6. The third-order valence-electron chi connectivity index (χ3n) is 3.48. The van der Waals surface area contributed by atoms with Crippen molar-refractivity contribution in [2.75, 3.05) is 5.75 Å². The molecule has 0 heterocycles. The SMILES string of the molecule is CC(C)(NS(=O)(=O)CCc1ccccc1)c1ccc(Cl)cc1. The van der Waals surface area contributed by atoms with Gasteiger partial charge in [-0.05, 0) is 43.5 Å². The molecular weight excluding hydrogens is 318 g/mol. The second-order valence-electron chi connectivity index (χ2n) is 5.79. The summed E-state index contributed by atoms with van der Waals surface area (Å²) in [5, 5.41) is 0.631. The number of hydrogen-bond donors (Lipinski definition) is 1. The van der Waals surface area contributed by atoms with E-state index in [2.05, 4.69) is 4.72 Å². The Bertz CT molecular complexity index is 710. The molecule has 3 nitrogen and oxygen atoms in total. The molecular formula is C17H20ClNO2S. The molecule has 0 aliphatic carbocycles. The van der Waals surface area contributed by atoms with Crippen LogP contribution in [0.4, 0.5) is 0 Å². The maximum absolute atomic E-state index is 12.3. The van der Waals surface area contributed by atoms with Crippen LogP contribution in [0.15, 0.2) is 54.6 Å². The van der Waals surface area contributed by atoms with Gasteiger partial charge in [0.05, 0.1) is 11.3 Å². The van der Waals surface area contributed by atoms with Crippen LogP contribution in [0.1, 0.15) is 25.0 Å². The standard InChI is InChI=1S/C17H20ClNO2S/c1-17(2,15-8-10-16(18)11-9-15)19-22(20,21)13-12-14-6-4-3-5-7-14/h3-11,19H,12-13H2,1-2H3. The maximum atomic E-state index is 12.3. The topological polar surface area (TPSA) is 46.2 Å². The Labute approximate surface area is 137 Å². The predicted octanol–water partition coefficient (Wildman–Crippen LogP) is 3.74. The van der Waals surface area contributed by atoms with Gasteiger partial charge in [0.15, 0.2) is 0 Å². The fraction of sp³-hybridized carbons (Fsp3) is 0.294. The molecule has 0 bridgehead atoms. The van der Waals surface area contributed by atoms with Gasteiger partial charge in [0.25, 0.3) is 0 Å². The molecule has 0 unspecified atom stereocenters. The Balaban J connectivity index is 2.05. The number of sulfonamides is 1. The fourth-order valence-electron chi connectivity index (χ4n) is 2.26. The summed E-state index contributed by atoms with van der Waals surface area (Å²) in [6.45, 7) is 3.69. The van der Waals surface area contributed by atoms with Crippen LogP contribution in [0.25, 0.3) is 0 Å². The minimum absolute atomic E-state index is 0.0635. The Kier molecular flexibility index (Phi) is 5.27. The lowest BCUT2D eigenvalue weighted by atomic mass is 9.96. The van der Waals surface area contributed by atoms with E-state index in [1.807, 2.05) is 56.3 Å². The van der Waals surface area contributed by atoms with Crippen molar-refractivity contribution in [2.24, 2.45) is 0 Å². The molecule has 1 N–H and O–H groups in total. The van der Waals surface area contributed by atoms with E-state index >= 15 is 0 Å². The van der Waals surface area contributed by atoms with Crippen LogP contribution in [0, 0.1) is 0 Å². The molecule has 0 aromatic heterocycles. The van der Waals surface area contributed by atoms with Crippen LogP contribution >= 0.6 is 11.6 Å². The molecule has 2 aromatic rings. The molecule has 0 fully saturated rings. The molecule has 0 amide bonds. The number of aryl methyl sites for hydroxylation is 1. The smallest absolute Gasteiger partial charge is 0.212 e. The van der Waals surface area contributed by atoms with Gasteiger partial charge in [-0.2, -0.15) is 0 Å². The largest absolute Gasteiger partial charge is 0.212 e. The summed E-state index contributed by atoms with van der Waals surface area (Å²) in [5.74, 6) is 0.0635. The van der Waals surface area contributed by atoms with E-state index in [1.54, 1.807) is 12.1 Å². The quantitative estimate of drug-likeness (QED) is 0.872. The summed E-state index contributed by atoms with van der Waals surface area (Å²) in [4.78, 5) is 0. The van der Waals surface area contributed by atoms with Gasteiger partial charge in [-0.1, -0.05) is 54.1 Å². The Morgan fingerprint density at radius 1 is 1.00 bits per heavy atom. The minimum Gasteiger partial charge on any atom is -0.212 e. The monoisotopic (exact) mass is 337 g/mol. The third kappa shape index (κ3) is 4.83. The zero-order valence-electron chi connectivity index (χ0n) is 12.7. The van der Waals surface area contributed by atoms with Crippen LogP contribution in [0.5, 0.6) is 0 Å². The second kappa shape index (κ2) is 6.82. The fourth-order valence-corrected chi connectivity index (χ4v) is 3.89. The molecule has 118 valence electrons. The van der Waals surface area contributed by atoms with Crippen molar-refractivity contribution in [2.45, 2.75) is 25.8 Å². The van der Waals surface area contributed by atoms with Crippen LogP contribution < -0.4 is 4.72 Å². The number of nitrogens with one attached hydrogen (secondary N) is 1. The lowest BCUT2D eigenvalue weighted by Crippen LogP contribution is -2.42. The van der Waals surface area contributed by atoms with Crippen LogP contribution in [0.2, 0.25) is 5.02 Å². The normalized spacial score (nSPS) is 12.3. The molecule has 0 atom stereocenters. The van der Waals surface area contributed by atoms with Gasteiger partial charge in [0.2, 0.25) is 10.0 Å². The predicted molar refractivity (Wildman–Crippen MR) is 91.5 cm³/mol. The minimum atomic E-state index is -3.38. The number of benzene rings is 2. The van der Waals surface area contributed by atoms with E-state index in [9.17, 15) is 8.42 Å². The van der Waals surface area contributed by atoms with Crippen molar-refractivity contribution in [1.29, 1.82) is 0 Å². The highest BCUT2D eigenvalue weighted by atomic mass is 35.5. The first-order valence-electron chi connectivity index (χ1n) is 7.10. The Morgan fingerprint density at radius 2 is 1.59 bits per heavy atom. The first-order chi connectivity index (χ1) is 10.3. The van der Waals surface area contributed by atoms with Gasteiger partial charge in [-0.25, -0.2) is 13.1 Å². The summed E-state index contributed by atoms with van der Waals surface area (Å²) < 4.78 is 27.4. The van der Waals surface area contributed by atoms with Crippen LogP contribution in [0.3, 0.4) is 0 Å². The van der Waals surface area contributed by atoms with Crippen molar-refractivity contribution in [3.63, 3.8) is 0 Å². The molecule has 2 aromatic carbocycles. The molecule has 0 aliphatic rings. The molecule has 0 saturated heterocycles. The van der Waals surface area contributed by atoms with Crippen molar-refractivity contribution in [3.8, 4) is 0 Å². The summed E-state index contributed by atoms with van der Waals surface area (Å²) in [6, 6.07) is 16.8. The van der Waals surface area contributed by atoms with Crippen molar-refractivity contribution >= 4 is 21.6 Å². The van der Waals surface area contributed by atoms with Crippen molar-refractivity contribution in [3.05, 3.63) is 70.7 Å². The summed E-state index contributed by atoms with van der Waals surface area (Å²) in [7, 11) is -3.38. The molecule has 22 heavy (non-hydrogen) atoms. The Hall–Kier alpha value is -1.36. The van der Waals surface area contributed by atoms with E-state index in [0.717, 1.165) is 11.1 Å². The lowest BCUT2D eigenvalue weighted by molar-refractivity contribution is 0.472. The maximum Gasteiger partial charge on any atom is 0.212 e. The molecule has 0 saturated carbocycles. The van der Waals surface area contributed by atoms with Gasteiger partial charge in [0, 0.05) is 5.02 Å². The molecule has 2 rings (SSSR count). The number of halogens is 1. The molecule has 0 spiro atoms. The van der Waals surface area contributed by atoms with Crippen molar-refractivity contribution in [1.82, 2.24) is 4.72 Å². The highest BCUT2D eigenvalue weighted by molar-refractivity contribution is 7.89. The van der Waals surface area contributed by atoms with Gasteiger partial charge in [-0.15, -0.1) is 0 Å². The highest BCUT2D eigenvalue weighted by Crippen LogP contribution is 2.23. The average Bonchev–Trinajstić information content (AvgIpc) is 2.46. The van der Waals surface area contributed by atoms with Crippen LogP contribution in [-0.2, 0) is 22.0 Å². The van der Waals surface area contributed by atoms with E-state index in [-0.39, 0.29) is 5.75 Å². The van der Waals surface area contributed by atoms with Gasteiger partial charge >= 0.3 is 0 Å². The summed E-state index contributed by atoms with van der Waals surface area (Å²) in [6.07, 6.45) is 0.493. The van der Waals surface area contributed by atoms with Gasteiger partial charge < -0.3 is 0 Å². The molecule has 5 heteroatoms. The first-order valence-corrected chi connectivity index (χ1v) is 9.13. The zero-order valence-corrected chi connectivity index (χ0v) is 14.3. The Morgan fingerprint density at radius 3 is 2.18 bits per heavy atom. The third-order valence-corrected chi connectivity index (χ3v) is 5.29. The molecule has 0 aliphatic heterocycles. The van der Waals surface area contributed by atoms with Crippen molar-refractivity contribution < 1.29 is 8.42 Å². The lowest BCUT2D eigenvalue weighted by Gasteiger charge is -2.26. The van der Waals surface area contributed by atoms with E-state index in [0.29, 0.717) is 11.4 Å². The summed E-state index contributed by atoms with van der Waals surface area (Å²) in [5.41, 5.74) is 1.21. The second-order valence-corrected chi connectivity index (χ2v) is 8.07. The average molecular weight is 338 g/mol. The van der Waals surface area contributed by atoms with E-state index in [4.69, 9.17) is 11.6 Å². The molecule has 0 radical (unpaired) electrons. The van der Waals surface area contributed by atoms with Gasteiger partial charge in [-0.3, -0.25) is 0 Å². The van der Waals surface area contributed by atoms with Crippen LogP contribution in [-0.4, -0.2) is 14.2 Å². The summed E-state index contributed by atoms with van der Waals surface area (Å²) >= 11 is 5.87. The van der Waals surface area contributed by atoms with Gasteiger partial charge in [0.1, 0.15) is 0 Å². The zero-order chi connectivity index (χ0) is 16.2. The highest BCUT2D eigenvalue weighted by Gasteiger charge is 2.26. The van der Waals surface area contributed by atoms with E-state index in [1.165, 1.54) is 0 Å². The van der Waals surface area contributed by atoms with E-state index < -0.39 is 15.6 Å². The number of hydrogen-bond acceptors (Lipinski definition) is 2. The first kappa shape index (κ1) is 17.0.